The van der Waals surface area contributed by atoms with Gasteiger partial charge in [-0.2, -0.15) is 0 Å². The van der Waals surface area contributed by atoms with Gasteiger partial charge in [-0.05, 0) is 41.5 Å². The maximum absolute atomic E-state index is 13.2. The van der Waals surface area contributed by atoms with Crippen molar-refractivity contribution in [1.82, 2.24) is 0 Å². The minimum atomic E-state index is -1.12. The molecule has 0 saturated carbocycles. The van der Waals surface area contributed by atoms with Gasteiger partial charge in [-0.1, -0.05) is 6.07 Å². The van der Waals surface area contributed by atoms with Crippen molar-refractivity contribution in [2.24, 2.45) is 0 Å². The van der Waals surface area contributed by atoms with E-state index in [1.165, 1.54) is 25.3 Å². The number of hydrogen-bond acceptors (Lipinski definition) is 2. The van der Waals surface area contributed by atoms with Gasteiger partial charge in [0, 0.05) is 0 Å². The molecule has 2 rings (SSSR count). The van der Waals surface area contributed by atoms with Crippen molar-refractivity contribution in [3.05, 3.63) is 53.6 Å². The Balaban J connectivity index is 2.57. The molecule has 0 amide bonds. The van der Waals surface area contributed by atoms with Gasteiger partial charge in [-0.15, -0.1) is 0 Å². The number of carboxylic acids is 1. The quantitative estimate of drug-likeness (QED) is 0.924. The molecule has 0 bridgehead atoms. The predicted molar refractivity (Wildman–Crippen MR) is 65.3 cm³/mol. The lowest BCUT2D eigenvalue weighted by Gasteiger charge is -2.07. The molecule has 0 spiro atoms. The zero-order chi connectivity index (χ0) is 14.0. The van der Waals surface area contributed by atoms with Crippen molar-refractivity contribution in [3.8, 4) is 16.9 Å². The van der Waals surface area contributed by atoms with E-state index >= 15 is 0 Å². The summed E-state index contributed by atoms with van der Waals surface area (Å²) in [6.45, 7) is 0. The number of hydrogen-bond donors (Lipinski definition) is 1. The third kappa shape index (κ3) is 2.70. The lowest BCUT2D eigenvalue weighted by Crippen LogP contribution is -1.98. The minimum absolute atomic E-state index is 0.0130. The molecule has 1 N–H and O–H groups in total. The van der Waals surface area contributed by atoms with Gasteiger partial charge >= 0.3 is 5.97 Å². The van der Waals surface area contributed by atoms with Crippen LogP contribution in [0.15, 0.2) is 36.4 Å². The summed E-state index contributed by atoms with van der Waals surface area (Å²) < 4.78 is 31.0. The van der Waals surface area contributed by atoms with E-state index in [1.807, 2.05) is 0 Å². The fraction of sp³-hybridized carbons (Fsp3) is 0.0714. The van der Waals surface area contributed by atoms with Crippen LogP contribution in [-0.2, 0) is 0 Å². The summed E-state index contributed by atoms with van der Waals surface area (Å²) in [5.41, 5.74) is 0.829. The molecule has 19 heavy (non-hydrogen) atoms. The number of ether oxygens (including phenoxy) is 1. The van der Waals surface area contributed by atoms with E-state index in [2.05, 4.69) is 0 Å². The average molecular weight is 264 g/mol. The summed E-state index contributed by atoms with van der Waals surface area (Å²) in [7, 11) is 1.40. The standard InChI is InChI=1S/C14H10F2O3/c1-19-11-5-9(4-10(6-11)14(17)18)8-2-3-12(15)13(16)7-8/h2-7H,1H3,(H,17,18). The van der Waals surface area contributed by atoms with E-state index in [0.29, 0.717) is 16.9 Å². The molecule has 0 saturated heterocycles. The number of benzene rings is 2. The van der Waals surface area contributed by atoms with Crippen LogP contribution in [0.4, 0.5) is 8.78 Å². The smallest absolute Gasteiger partial charge is 0.335 e. The molecule has 2 aromatic carbocycles. The third-order valence-electron chi connectivity index (χ3n) is 2.64. The van der Waals surface area contributed by atoms with E-state index in [1.54, 1.807) is 6.07 Å². The van der Waals surface area contributed by atoms with Gasteiger partial charge in [0.1, 0.15) is 5.75 Å². The SMILES string of the molecule is COc1cc(C(=O)O)cc(-c2ccc(F)c(F)c2)c1. The summed E-state index contributed by atoms with van der Waals surface area (Å²) in [5, 5.41) is 8.99. The first kappa shape index (κ1) is 13.0. The average Bonchev–Trinajstić information content (AvgIpc) is 2.41. The number of aromatic carboxylic acids is 1. The number of carboxylic acid groups (broad SMARTS) is 1. The maximum Gasteiger partial charge on any atom is 0.335 e. The molecule has 0 aliphatic rings. The van der Waals surface area contributed by atoms with Crippen LogP contribution in [0.5, 0.6) is 5.75 Å². The van der Waals surface area contributed by atoms with Crippen LogP contribution in [0.3, 0.4) is 0 Å². The van der Waals surface area contributed by atoms with Crippen LogP contribution in [0, 0.1) is 11.6 Å². The Hall–Kier alpha value is -2.43. The Morgan fingerprint density at radius 2 is 1.79 bits per heavy atom. The highest BCUT2D eigenvalue weighted by Crippen LogP contribution is 2.27. The van der Waals surface area contributed by atoms with Gasteiger partial charge in [-0.3, -0.25) is 0 Å². The Labute approximate surface area is 108 Å². The normalized spacial score (nSPS) is 10.3. The van der Waals surface area contributed by atoms with E-state index in [4.69, 9.17) is 9.84 Å². The van der Waals surface area contributed by atoms with Gasteiger partial charge in [0.25, 0.3) is 0 Å². The highest BCUT2D eigenvalue weighted by atomic mass is 19.2. The van der Waals surface area contributed by atoms with Crippen molar-refractivity contribution in [1.29, 1.82) is 0 Å². The molecular formula is C14H10F2O3. The van der Waals surface area contributed by atoms with Crippen LogP contribution in [-0.4, -0.2) is 18.2 Å². The van der Waals surface area contributed by atoms with E-state index < -0.39 is 17.6 Å². The van der Waals surface area contributed by atoms with Crippen LogP contribution in [0.1, 0.15) is 10.4 Å². The van der Waals surface area contributed by atoms with Crippen LogP contribution >= 0.6 is 0 Å². The van der Waals surface area contributed by atoms with Gasteiger partial charge in [0.15, 0.2) is 11.6 Å². The molecule has 3 nitrogen and oxygen atoms in total. The molecule has 5 heteroatoms. The molecule has 0 unspecified atom stereocenters. The van der Waals surface area contributed by atoms with Crippen LogP contribution < -0.4 is 4.74 Å². The Kier molecular flexibility index (Phi) is 3.46. The molecule has 0 atom stereocenters. The largest absolute Gasteiger partial charge is 0.497 e. The second kappa shape index (κ2) is 5.06. The third-order valence-corrected chi connectivity index (χ3v) is 2.64. The van der Waals surface area contributed by atoms with E-state index in [-0.39, 0.29) is 5.56 Å². The highest BCUT2D eigenvalue weighted by molar-refractivity contribution is 5.90. The topological polar surface area (TPSA) is 46.5 Å². The zero-order valence-electron chi connectivity index (χ0n) is 9.98. The van der Waals surface area contributed by atoms with Crippen molar-refractivity contribution in [2.75, 3.05) is 7.11 Å². The van der Waals surface area contributed by atoms with Crippen molar-refractivity contribution in [2.45, 2.75) is 0 Å². The molecular weight excluding hydrogens is 254 g/mol. The summed E-state index contributed by atoms with van der Waals surface area (Å²) in [5.74, 6) is -2.73. The zero-order valence-corrected chi connectivity index (χ0v) is 9.98. The number of carbonyl (C=O) groups is 1. The Morgan fingerprint density at radius 1 is 1.05 bits per heavy atom. The molecule has 0 fully saturated rings. The fourth-order valence-electron chi connectivity index (χ4n) is 1.68. The van der Waals surface area contributed by atoms with Crippen LogP contribution in [0.25, 0.3) is 11.1 Å². The molecule has 98 valence electrons. The summed E-state index contributed by atoms with van der Waals surface area (Å²) in [6, 6.07) is 7.65. The summed E-state index contributed by atoms with van der Waals surface area (Å²) >= 11 is 0. The number of rotatable bonds is 3. The molecule has 0 heterocycles. The van der Waals surface area contributed by atoms with Gasteiger partial charge in [0.05, 0.1) is 12.7 Å². The molecule has 0 aliphatic heterocycles. The van der Waals surface area contributed by atoms with Gasteiger partial charge in [-0.25, -0.2) is 13.6 Å². The van der Waals surface area contributed by atoms with Crippen molar-refractivity contribution >= 4 is 5.97 Å². The first-order valence-corrected chi connectivity index (χ1v) is 5.39. The molecule has 0 aliphatic carbocycles. The minimum Gasteiger partial charge on any atom is -0.497 e. The Morgan fingerprint density at radius 3 is 2.37 bits per heavy atom. The monoisotopic (exact) mass is 264 g/mol. The number of methoxy groups -OCH3 is 1. The molecule has 0 radical (unpaired) electrons. The summed E-state index contributed by atoms with van der Waals surface area (Å²) in [6.07, 6.45) is 0. The highest BCUT2D eigenvalue weighted by Gasteiger charge is 2.10. The lowest BCUT2D eigenvalue weighted by atomic mass is 10.0. The maximum atomic E-state index is 13.2. The Bertz CT molecular complexity index is 639. The molecule has 2 aromatic rings. The van der Waals surface area contributed by atoms with Crippen molar-refractivity contribution in [3.63, 3.8) is 0 Å². The molecule has 0 aromatic heterocycles. The van der Waals surface area contributed by atoms with Gasteiger partial charge in [0.2, 0.25) is 0 Å². The first-order valence-electron chi connectivity index (χ1n) is 5.39. The fourth-order valence-corrected chi connectivity index (χ4v) is 1.68. The summed E-state index contributed by atoms with van der Waals surface area (Å²) in [4.78, 5) is 11.0. The first-order chi connectivity index (χ1) is 9.01. The lowest BCUT2D eigenvalue weighted by molar-refractivity contribution is 0.0696. The second-order valence-electron chi connectivity index (χ2n) is 3.88. The predicted octanol–water partition coefficient (Wildman–Crippen LogP) is 3.34. The number of halogens is 2. The second-order valence-corrected chi connectivity index (χ2v) is 3.88. The van der Waals surface area contributed by atoms with Gasteiger partial charge < -0.3 is 9.84 Å². The van der Waals surface area contributed by atoms with E-state index in [9.17, 15) is 13.6 Å². The van der Waals surface area contributed by atoms with Crippen molar-refractivity contribution < 1.29 is 23.4 Å². The van der Waals surface area contributed by atoms with Crippen LogP contribution in [0.2, 0.25) is 0 Å². The van der Waals surface area contributed by atoms with E-state index in [0.717, 1.165) is 12.1 Å².